The molecule has 1 aliphatic rings. The first-order valence-electron chi connectivity index (χ1n) is 6.94. The molecule has 0 aliphatic carbocycles. The monoisotopic (exact) mass is 297 g/mol. The third-order valence-corrected chi connectivity index (χ3v) is 3.39. The van der Waals surface area contributed by atoms with Crippen LogP contribution < -0.4 is 15.0 Å². The van der Waals surface area contributed by atoms with E-state index in [2.05, 4.69) is 10.3 Å². The minimum absolute atomic E-state index is 0.250. The first kappa shape index (κ1) is 14.1. The van der Waals surface area contributed by atoms with Crippen molar-refractivity contribution >= 4 is 17.6 Å². The Bertz CT molecular complexity index is 716. The number of urea groups is 1. The number of hydrogen-bond acceptors (Lipinski definition) is 4. The van der Waals surface area contributed by atoms with Gasteiger partial charge in [-0.2, -0.15) is 0 Å². The molecule has 1 aromatic heterocycles. The van der Waals surface area contributed by atoms with E-state index in [9.17, 15) is 9.59 Å². The van der Waals surface area contributed by atoms with Crippen LogP contribution in [0.1, 0.15) is 12.0 Å². The van der Waals surface area contributed by atoms with Crippen molar-refractivity contribution in [2.24, 2.45) is 0 Å². The Morgan fingerprint density at radius 2 is 2.09 bits per heavy atom. The molecule has 2 heterocycles. The molecule has 0 radical (unpaired) electrons. The third kappa shape index (κ3) is 2.90. The van der Waals surface area contributed by atoms with Crippen LogP contribution in [-0.2, 0) is 4.79 Å². The van der Waals surface area contributed by atoms with Gasteiger partial charge in [-0.25, -0.2) is 9.78 Å². The summed E-state index contributed by atoms with van der Waals surface area (Å²) in [6.07, 6.45) is 1.94. The van der Waals surface area contributed by atoms with Crippen LogP contribution in [0.15, 0.2) is 42.6 Å². The topological polar surface area (TPSA) is 71.5 Å². The number of benzene rings is 1. The molecule has 2 aromatic rings. The van der Waals surface area contributed by atoms with Crippen molar-refractivity contribution in [3.8, 4) is 11.6 Å². The van der Waals surface area contributed by atoms with Crippen molar-refractivity contribution in [3.05, 3.63) is 48.2 Å². The maximum atomic E-state index is 12.0. The van der Waals surface area contributed by atoms with Gasteiger partial charge in [0.1, 0.15) is 5.75 Å². The van der Waals surface area contributed by atoms with Crippen molar-refractivity contribution < 1.29 is 14.3 Å². The summed E-state index contributed by atoms with van der Waals surface area (Å²) in [5.74, 6) is 0.819. The average molecular weight is 297 g/mol. The number of nitrogens with one attached hydrogen (secondary N) is 1. The number of hydrogen-bond donors (Lipinski definition) is 1. The third-order valence-electron chi connectivity index (χ3n) is 3.39. The van der Waals surface area contributed by atoms with Gasteiger partial charge in [-0.15, -0.1) is 0 Å². The van der Waals surface area contributed by atoms with Gasteiger partial charge in [0.15, 0.2) is 0 Å². The Kier molecular flexibility index (Phi) is 3.74. The fourth-order valence-electron chi connectivity index (χ4n) is 2.27. The van der Waals surface area contributed by atoms with Crippen molar-refractivity contribution in [2.75, 3.05) is 11.4 Å². The SMILES string of the molecule is Cc1ccc(Oc2ccccn2)cc1N1CCC(=O)NC1=O. The van der Waals surface area contributed by atoms with Crippen molar-refractivity contribution in [1.82, 2.24) is 10.3 Å². The second kappa shape index (κ2) is 5.85. The second-order valence-electron chi connectivity index (χ2n) is 4.97. The number of pyridine rings is 1. The van der Waals surface area contributed by atoms with E-state index in [1.807, 2.05) is 31.2 Å². The number of carbonyl (C=O) groups excluding carboxylic acids is 2. The predicted octanol–water partition coefficient (Wildman–Crippen LogP) is 2.63. The molecule has 0 atom stereocenters. The zero-order valence-electron chi connectivity index (χ0n) is 12.1. The number of aromatic nitrogens is 1. The minimum atomic E-state index is -0.408. The zero-order chi connectivity index (χ0) is 15.5. The summed E-state index contributed by atoms with van der Waals surface area (Å²) < 4.78 is 5.68. The molecule has 0 saturated carbocycles. The van der Waals surface area contributed by atoms with E-state index in [1.165, 1.54) is 0 Å². The zero-order valence-corrected chi connectivity index (χ0v) is 12.1. The second-order valence-corrected chi connectivity index (χ2v) is 4.97. The highest BCUT2D eigenvalue weighted by Crippen LogP contribution is 2.29. The van der Waals surface area contributed by atoms with Gasteiger partial charge in [0.2, 0.25) is 11.8 Å². The molecule has 6 heteroatoms. The molecule has 0 spiro atoms. The Hall–Kier alpha value is -2.89. The number of ether oxygens (including phenoxy) is 1. The number of aryl methyl sites for hydroxylation is 1. The van der Waals surface area contributed by atoms with Gasteiger partial charge >= 0.3 is 6.03 Å². The Morgan fingerprint density at radius 3 is 2.82 bits per heavy atom. The normalized spacial score (nSPS) is 14.7. The fraction of sp³-hybridized carbons (Fsp3) is 0.188. The van der Waals surface area contributed by atoms with Gasteiger partial charge in [-0.05, 0) is 24.6 Å². The van der Waals surface area contributed by atoms with Crippen LogP contribution in [0.4, 0.5) is 10.5 Å². The van der Waals surface area contributed by atoms with Crippen molar-refractivity contribution in [1.29, 1.82) is 0 Å². The smallest absolute Gasteiger partial charge is 0.328 e. The largest absolute Gasteiger partial charge is 0.439 e. The molecular formula is C16H15N3O3. The standard InChI is InChI=1S/C16H15N3O3/c1-11-5-6-12(22-15-4-2-3-8-17-15)10-13(11)19-9-7-14(20)18-16(19)21/h2-6,8,10H,7,9H2,1H3,(H,18,20,21). The number of imide groups is 1. The lowest BCUT2D eigenvalue weighted by atomic mass is 10.1. The van der Waals surface area contributed by atoms with Crippen molar-refractivity contribution in [3.63, 3.8) is 0 Å². The average Bonchev–Trinajstić information content (AvgIpc) is 2.51. The van der Waals surface area contributed by atoms with Crippen LogP contribution in [0.2, 0.25) is 0 Å². The van der Waals surface area contributed by atoms with E-state index in [1.54, 1.807) is 23.2 Å². The summed E-state index contributed by atoms with van der Waals surface area (Å²) in [4.78, 5) is 28.9. The van der Waals surface area contributed by atoms with E-state index in [4.69, 9.17) is 4.74 Å². The van der Waals surface area contributed by atoms with Crippen LogP contribution >= 0.6 is 0 Å². The summed E-state index contributed by atoms with van der Waals surface area (Å²) in [7, 11) is 0. The molecule has 112 valence electrons. The molecule has 1 N–H and O–H groups in total. The summed E-state index contributed by atoms with van der Waals surface area (Å²) in [6, 6.07) is 10.5. The highest BCUT2D eigenvalue weighted by Gasteiger charge is 2.25. The number of rotatable bonds is 3. The van der Waals surface area contributed by atoms with Gasteiger partial charge in [-0.3, -0.25) is 15.0 Å². The predicted molar refractivity (Wildman–Crippen MR) is 81.0 cm³/mol. The fourth-order valence-corrected chi connectivity index (χ4v) is 2.27. The lowest BCUT2D eigenvalue weighted by Crippen LogP contribution is -2.49. The maximum absolute atomic E-state index is 12.0. The van der Waals surface area contributed by atoms with E-state index < -0.39 is 6.03 Å². The van der Waals surface area contributed by atoms with Gasteiger partial charge in [0.25, 0.3) is 0 Å². The van der Waals surface area contributed by atoms with Crippen LogP contribution in [0.3, 0.4) is 0 Å². The molecule has 1 aromatic carbocycles. The molecule has 3 amide bonds. The van der Waals surface area contributed by atoms with Crippen LogP contribution in [0.25, 0.3) is 0 Å². The number of carbonyl (C=O) groups is 2. The molecule has 22 heavy (non-hydrogen) atoms. The number of nitrogens with zero attached hydrogens (tertiary/aromatic N) is 2. The van der Waals surface area contributed by atoms with Gasteiger partial charge in [-0.1, -0.05) is 12.1 Å². The molecule has 1 fully saturated rings. The lowest BCUT2D eigenvalue weighted by molar-refractivity contribution is -0.120. The van der Waals surface area contributed by atoms with E-state index in [-0.39, 0.29) is 12.3 Å². The highest BCUT2D eigenvalue weighted by molar-refractivity contribution is 6.06. The quantitative estimate of drug-likeness (QED) is 0.945. The van der Waals surface area contributed by atoms with Crippen LogP contribution in [0.5, 0.6) is 11.6 Å². The summed E-state index contributed by atoms with van der Waals surface area (Å²) in [5.41, 5.74) is 1.65. The van der Waals surface area contributed by atoms with Crippen LogP contribution in [-0.4, -0.2) is 23.5 Å². The van der Waals surface area contributed by atoms with Gasteiger partial charge in [0.05, 0.1) is 5.69 Å². The van der Waals surface area contributed by atoms with E-state index >= 15 is 0 Å². The molecule has 3 rings (SSSR count). The number of anilines is 1. The summed E-state index contributed by atoms with van der Waals surface area (Å²) >= 11 is 0. The first-order chi connectivity index (χ1) is 10.6. The molecule has 1 saturated heterocycles. The van der Waals surface area contributed by atoms with Crippen molar-refractivity contribution in [2.45, 2.75) is 13.3 Å². The minimum Gasteiger partial charge on any atom is -0.439 e. The Labute approximate surface area is 127 Å². The molecule has 6 nitrogen and oxygen atoms in total. The molecule has 0 bridgehead atoms. The van der Waals surface area contributed by atoms with E-state index in [0.717, 1.165) is 11.3 Å². The van der Waals surface area contributed by atoms with E-state index in [0.29, 0.717) is 18.2 Å². The van der Waals surface area contributed by atoms with Crippen LogP contribution in [0, 0.1) is 6.92 Å². The number of amides is 3. The van der Waals surface area contributed by atoms with Gasteiger partial charge in [0, 0.05) is 31.3 Å². The lowest BCUT2D eigenvalue weighted by Gasteiger charge is -2.28. The maximum Gasteiger partial charge on any atom is 0.328 e. The van der Waals surface area contributed by atoms with Gasteiger partial charge < -0.3 is 4.74 Å². The Morgan fingerprint density at radius 1 is 1.23 bits per heavy atom. The molecular weight excluding hydrogens is 282 g/mol. The first-order valence-corrected chi connectivity index (χ1v) is 6.94. The molecule has 1 aliphatic heterocycles. The summed E-state index contributed by atoms with van der Waals surface area (Å²) in [5, 5.41) is 2.32. The summed E-state index contributed by atoms with van der Waals surface area (Å²) in [6.45, 7) is 2.27. The Balaban J connectivity index is 1.87. The molecule has 0 unspecified atom stereocenters. The highest BCUT2D eigenvalue weighted by atomic mass is 16.5.